The minimum Gasteiger partial charge on any atom is -0.478 e. The fourth-order valence-electron chi connectivity index (χ4n) is 1.30. The van der Waals surface area contributed by atoms with Gasteiger partial charge in [-0.2, -0.15) is 0 Å². The van der Waals surface area contributed by atoms with Gasteiger partial charge in [0.15, 0.2) is 0 Å². The molecule has 0 bridgehead atoms. The topological polar surface area (TPSA) is 50.2 Å². The molecule has 82 valence electrons. The van der Waals surface area contributed by atoms with Crippen LogP contribution in [0.25, 0.3) is 10.9 Å². The van der Waals surface area contributed by atoms with Crippen LogP contribution in [0.2, 0.25) is 10.2 Å². The van der Waals surface area contributed by atoms with Crippen molar-refractivity contribution in [2.75, 3.05) is 0 Å². The van der Waals surface area contributed by atoms with Crippen LogP contribution < -0.4 is 0 Å². The maximum atomic E-state index is 13.1. The van der Waals surface area contributed by atoms with E-state index in [0.717, 1.165) is 6.07 Å². The molecule has 1 heterocycles. The van der Waals surface area contributed by atoms with E-state index in [1.807, 2.05) is 0 Å². The lowest BCUT2D eigenvalue weighted by molar-refractivity contribution is 0.0697. The molecule has 0 atom stereocenters. The zero-order valence-electron chi connectivity index (χ0n) is 7.67. The number of halogens is 3. The summed E-state index contributed by atoms with van der Waals surface area (Å²) in [5.74, 6) is -1.84. The summed E-state index contributed by atoms with van der Waals surface area (Å²) in [6, 6.07) is 3.67. The smallest absolute Gasteiger partial charge is 0.338 e. The highest BCUT2D eigenvalue weighted by molar-refractivity contribution is 6.33. The Kier molecular flexibility index (Phi) is 2.69. The van der Waals surface area contributed by atoms with Crippen LogP contribution in [0.4, 0.5) is 4.39 Å². The van der Waals surface area contributed by atoms with Crippen molar-refractivity contribution in [1.29, 1.82) is 0 Å². The Morgan fingerprint density at radius 1 is 1.31 bits per heavy atom. The molecule has 0 saturated heterocycles. The summed E-state index contributed by atoms with van der Waals surface area (Å²) in [6.07, 6.45) is 0. The van der Waals surface area contributed by atoms with Crippen LogP contribution >= 0.6 is 23.2 Å². The summed E-state index contributed by atoms with van der Waals surface area (Å²) in [5.41, 5.74) is 0.178. The number of aromatic nitrogens is 1. The number of carboxylic acid groups (broad SMARTS) is 1. The minimum absolute atomic E-state index is 0.0841. The normalized spacial score (nSPS) is 10.7. The third-order valence-electron chi connectivity index (χ3n) is 2.04. The third kappa shape index (κ3) is 1.81. The second-order valence-electron chi connectivity index (χ2n) is 3.09. The zero-order valence-corrected chi connectivity index (χ0v) is 9.18. The Hall–Kier alpha value is -1.39. The summed E-state index contributed by atoms with van der Waals surface area (Å²) in [5, 5.41) is 8.91. The average Bonchev–Trinajstić information content (AvgIpc) is 2.19. The first-order valence-corrected chi connectivity index (χ1v) is 4.93. The van der Waals surface area contributed by atoms with E-state index in [-0.39, 0.29) is 15.7 Å². The molecule has 0 radical (unpaired) electrons. The van der Waals surface area contributed by atoms with Gasteiger partial charge in [-0.05, 0) is 18.2 Å². The number of fused-ring (bicyclic) bond motifs is 1. The van der Waals surface area contributed by atoms with Gasteiger partial charge < -0.3 is 5.11 Å². The monoisotopic (exact) mass is 259 g/mol. The molecule has 3 nitrogen and oxygen atoms in total. The molecule has 0 fully saturated rings. The molecular formula is C10H4Cl2FNO2. The van der Waals surface area contributed by atoms with E-state index in [1.54, 1.807) is 0 Å². The van der Waals surface area contributed by atoms with Crippen LogP contribution in [0, 0.1) is 5.82 Å². The minimum atomic E-state index is -1.21. The predicted octanol–water partition coefficient (Wildman–Crippen LogP) is 3.38. The van der Waals surface area contributed by atoms with Crippen molar-refractivity contribution in [3.05, 3.63) is 39.8 Å². The lowest BCUT2D eigenvalue weighted by Crippen LogP contribution is -1.99. The number of carboxylic acids is 1. The van der Waals surface area contributed by atoms with Crippen LogP contribution in [-0.2, 0) is 0 Å². The maximum absolute atomic E-state index is 13.1. The van der Waals surface area contributed by atoms with Crippen molar-refractivity contribution in [1.82, 2.24) is 4.98 Å². The second kappa shape index (κ2) is 3.88. The molecule has 1 N–H and O–H groups in total. The Balaban J connectivity index is 2.79. The van der Waals surface area contributed by atoms with Crippen LogP contribution in [-0.4, -0.2) is 16.1 Å². The molecule has 6 heteroatoms. The Morgan fingerprint density at radius 2 is 2.00 bits per heavy atom. The van der Waals surface area contributed by atoms with Gasteiger partial charge in [-0.3, -0.25) is 0 Å². The van der Waals surface area contributed by atoms with E-state index < -0.39 is 11.8 Å². The molecular weight excluding hydrogens is 256 g/mol. The SMILES string of the molecule is O=C(O)c1cc2cc(F)c(Cl)cc2nc1Cl. The lowest BCUT2D eigenvalue weighted by atomic mass is 10.1. The van der Waals surface area contributed by atoms with E-state index in [2.05, 4.69) is 4.98 Å². The fourth-order valence-corrected chi connectivity index (χ4v) is 1.68. The average molecular weight is 260 g/mol. The van der Waals surface area contributed by atoms with Gasteiger partial charge in [0.1, 0.15) is 11.0 Å². The van der Waals surface area contributed by atoms with Gasteiger partial charge in [0.2, 0.25) is 0 Å². The van der Waals surface area contributed by atoms with Crippen molar-refractivity contribution in [2.24, 2.45) is 0 Å². The van der Waals surface area contributed by atoms with Crippen LogP contribution in [0.1, 0.15) is 10.4 Å². The second-order valence-corrected chi connectivity index (χ2v) is 3.86. The van der Waals surface area contributed by atoms with Crippen molar-refractivity contribution in [3.63, 3.8) is 0 Å². The number of pyridine rings is 1. The van der Waals surface area contributed by atoms with E-state index in [4.69, 9.17) is 28.3 Å². The number of carbonyl (C=O) groups is 1. The molecule has 1 aromatic carbocycles. The fraction of sp³-hybridized carbons (Fsp3) is 0. The van der Waals surface area contributed by atoms with Gasteiger partial charge in [0.25, 0.3) is 0 Å². The van der Waals surface area contributed by atoms with Gasteiger partial charge >= 0.3 is 5.97 Å². The highest BCUT2D eigenvalue weighted by Crippen LogP contribution is 2.25. The Labute approximate surface area is 99.4 Å². The highest BCUT2D eigenvalue weighted by Gasteiger charge is 2.13. The van der Waals surface area contributed by atoms with Crippen LogP contribution in [0.5, 0.6) is 0 Å². The summed E-state index contributed by atoms with van der Waals surface area (Å²) in [6.45, 7) is 0. The molecule has 16 heavy (non-hydrogen) atoms. The number of hydrogen-bond donors (Lipinski definition) is 1. The highest BCUT2D eigenvalue weighted by atomic mass is 35.5. The van der Waals surface area contributed by atoms with Gasteiger partial charge in [0.05, 0.1) is 16.1 Å². The molecule has 0 aliphatic heterocycles. The molecule has 2 rings (SSSR count). The Bertz CT molecular complexity index is 601. The summed E-state index contributed by atoms with van der Waals surface area (Å²) in [4.78, 5) is 14.6. The van der Waals surface area contributed by atoms with Crippen LogP contribution in [0.3, 0.4) is 0 Å². The largest absolute Gasteiger partial charge is 0.478 e. The Morgan fingerprint density at radius 3 is 2.62 bits per heavy atom. The number of aromatic carboxylic acids is 1. The first-order valence-electron chi connectivity index (χ1n) is 4.17. The first kappa shape index (κ1) is 11.1. The standard InChI is InChI=1S/C10H4Cl2FNO2/c11-6-3-8-4(2-7(6)13)1-5(10(15)16)9(12)14-8/h1-3H,(H,15,16). The van der Waals surface area contributed by atoms with Gasteiger partial charge in [-0.15, -0.1) is 0 Å². The first-order chi connectivity index (χ1) is 7.49. The molecule has 1 aromatic heterocycles. The maximum Gasteiger partial charge on any atom is 0.338 e. The number of nitrogens with zero attached hydrogens (tertiary/aromatic N) is 1. The quantitative estimate of drug-likeness (QED) is 0.799. The number of benzene rings is 1. The van der Waals surface area contributed by atoms with Gasteiger partial charge in [-0.1, -0.05) is 23.2 Å². The zero-order chi connectivity index (χ0) is 11.9. The number of rotatable bonds is 1. The van der Waals surface area contributed by atoms with E-state index in [9.17, 15) is 9.18 Å². The molecule has 2 aromatic rings. The molecule has 0 aliphatic rings. The molecule has 0 saturated carbocycles. The van der Waals surface area contributed by atoms with Crippen LogP contribution in [0.15, 0.2) is 18.2 Å². The molecule has 0 amide bonds. The molecule has 0 unspecified atom stereocenters. The van der Waals surface area contributed by atoms with E-state index >= 15 is 0 Å². The van der Waals surface area contributed by atoms with Crippen molar-refractivity contribution in [3.8, 4) is 0 Å². The summed E-state index contributed by atoms with van der Waals surface area (Å²) in [7, 11) is 0. The lowest BCUT2D eigenvalue weighted by Gasteiger charge is -2.03. The van der Waals surface area contributed by atoms with Crippen molar-refractivity contribution in [2.45, 2.75) is 0 Å². The van der Waals surface area contributed by atoms with Gasteiger partial charge in [-0.25, -0.2) is 14.2 Å². The predicted molar refractivity (Wildman–Crippen MR) is 58.7 cm³/mol. The van der Waals surface area contributed by atoms with Crippen molar-refractivity contribution < 1.29 is 14.3 Å². The van der Waals surface area contributed by atoms with Gasteiger partial charge in [0, 0.05) is 5.39 Å². The summed E-state index contributed by atoms with van der Waals surface area (Å²) >= 11 is 11.2. The van der Waals surface area contributed by atoms with Crippen molar-refractivity contribution >= 4 is 40.1 Å². The molecule has 0 spiro atoms. The third-order valence-corrected chi connectivity index (χ3v) is 2.62. The molecule has 0 aliphatic carbocycles. The van der Waals surface area contributed by atoms with E-state index in [0.29, 0.717) is 10.9 Å². The summed E-state index contributed by atoms with van der Waals surface area (Å²) < 4.78 is 13.1. The number of hydrogen-bond acceptors (Lipinski definition) is 2. The van der Waals surface area contributed by atoms with E-state index in [1.165, 1.54) is 12.1 Å².